The zero-order chi connectivity index (χ0) is 19.3. The third kappa shape index (κ3) is 3.94. The SMILES string of the molecule is O=S(=O)([O-])c1cc2cc3ccc(cc4nc(cc5nc(cc1[nH]2)C=C5)C=C4)[nH]3.[Mn]. The summed E-state index contributed by atoms with van der Waals surface area (Å²) in [6.07, 6.45) is 7.38. The molecule has 1 radical (unpaired) electrons. The van der Waals surface area contributed by atoms with E-state index in [-0.39, 0.29) is 27.5 Å². The van der Waals surface area contributed by atoms with Crippen molar-refractivity contribution in [3.8, 4) is 0 Å². The average molecular weight is 444 g/mol. The standard InChI is InChI=1S/C20H14N4O3S.Mn/c25-28(26,27)20-11-18-9-16-4-3-14(22-16)7-12-1-2-13(21-12)8-15-5-6-17(23-15)10-19(20)24-18;/h1-11,22,24H,(H,25,26,27);/p-1. The van der Waals surface area contributed by atoms with Gasteiger partial charge >= 0.3 is 0 Å². The Hall–Kier alpha value is -2.97. The molecule has 0 saturated carbocycles. The second-order valence-electron chi connectivity index (χ2n) is 6.49. The first-order chi connectivity index (χ1) is 13.4. The fraction of sp³-hybridized carbons (Fsp3) is 0. The van der Waals surface area contributed by atoms with Crippen molar-refractivity contribution in [3.63, 3.8) is 0 Å². The van der Waals surface area contributed by atoms with Crippen molar-refractivity contribution in [2.75, 3.05) is 0 Å². The van der Waals surface area contributed by atoms with E-state index in [9.17, 15) is 13.0 Å². The van der Waals surface area contributed by atoms with Crippen LogP contribution in [0.25, 0.3) is 46.4 Å². The number of aromatic nitrogens is 4. The van der Waals surface area contributed by atoms with Crippen LogP contribution >= 0.6 is 0 Å². The second-order valence-corrected chi connectivity index (χ2v) is 7.84. The van der Waals surface area contributed by atoms with Gasteiger partial charge in [-0.1, -0.05) is 0 Å². The predicted molar refractivity (Wildman–Crippen MR) is 107 cm³/mol. The predicted octanol–water partition coefficient (Wildman–Crippen LogP) is 3.56. The molecular formula is C20H13MnN4O3S-. The molecule has 29 heavy (non-hydrogen) atoms. The van der Waals surface area contributed by atoms with Gasteiger partial charge < -0.3 is 14.5 Å². The molecule has 0 aliphatic carbocycles. The average Bonchev–Trinajstić information content (AvgIpc) is 3.38. The quantitative estimate of drug-likeness (QED) is 0.303. The number of hydrogen-bond acceptors (Lipinski definition) is 5. The molecule has 0 fully saturated rings. The van der Waals surface area contributed by atoms with Gasteiger partial charge in [-0.3, -0.25) is 0 Å². The van der Waals surface area contributed by atoms with Gasteiger partial charge in [-0.15, -0.1) is 0 Å². The summed E-state index contributed by atoms with van der Waals surface area (Å²) in [6, 6.07) is 12.1. The summed E-state index contributed by atoms with van der Waals surface area (Å²) in [7, 11) is -4.64. The third-order valence-corrected chi connectivity index (χ3v) is 5.28. The number of rotatable bonds is 1. The Morgan fingerprint density at radius 3 is 1.86 bits per heavy atom. The van der Waals surface area contributed by atoms with Crippen LogP contribution in [0, 0.1) is 0 Å². The van der Waals surface area contributed by atoms with Crippen molar-refractivity contribution in [2.45, 2.75) is 4.90 Å². The Kier molecular flexibility index (Phi) is 4.76. The Morgan fingerprint density at radius 1 is 0.690 bits per heavy atom. The van der Waals surface area contributed by atoms with E-state index >= 15 is 0 Å². The van der Waals surface area contributed by atoms with Gasteiger partial charge in [-0.05, 0) is 66.8 Å². The van der Waals surface area contributed by atoms with Gasteiger partial charge in [0.25, 0.3) is 0 Å². The Balaban J connectivity index is 0.00000205. The molecule has 5 rings (SSSR count). The number of nitrogens with one attached hydrogen (secondary N) is 2. The molecular weight excluding hydrogens is 431 g/mol. The first kappa shape index (κ1) is 19.4. The Morgan fingerprint density at radius 2 is 1.24 bits per heavy atom. The van der Waals surface area contributed by atoms with Gasteiger partial charge in [0, 0.05) is 33.6 Å². The molecule has 5 heterocycles. The fourth-order valence-corrected chi connectivity index (χ4v) is 3.85. The van der Waals surface area contributed by atoms with Crippen LogP contribution in [-0.2, 0) is 27.2 Å². The van der Waals surface area contributed by atoms with Gasteiger partial charge in [-0.2, -0.15) is 0 Å². The number of H-pyrrole nitrogens is 2. The minimum atomic E-state index is -4.64. The maximum Gasteiger partial charge on any atom is 0.126 e. The van der Waals surface area contributed by atoms with Gasteiger partial charge in [0.05, 0.1) is 33.2 Å². The maximum atomic E-state index is 11.7. The third-order valence-electron chi connectivity index (χ3n) is 4.40. The van der Waals surface area contributed by atoms with Crippen LogP contribution in [0.1, 0.15) is 22.8 Å². The Labute approximate surface area is 176 Å². The van der Waals surface area contributed by atoms with E-state index < -0.39 is 10.1 Å². The fourth-order valence-electron chi connectivity index (χ4n) is 3.20. The van der Waals surface area contributed by atoms with Crippen molar-refractivity contribution >= 4 is 56.5 Å². The largest absolute Gasteiger partial charge is 0.744 e. The van der Waals surface area contributed by atoms with Crippen LogP contribution in [0.15, 0.2) is 47.4 Å². The van der Waals surface area contributed by atoms with E-state index in [1.165, 1.54) is 6.07 Å². The summed E-state index contributed by atoms with van der Waals surface area (Å²) >= 11 is 0. The summed E-state index contributed by atoms with van der Waals surface area (Å²) in [6.45, 7) is 0. The van der Waals surface area contributed by atoms with Crippen molar-refractivity contribution in [1.82, 2.24) is 19.9 Å². The Bertz CT molecular complexity index is 1450. The molecule has 2 aliphatic heterocycles. The number of fused-ring (bicyclic) bond motifs is 8. The molecule has 0 unspecified atom stereocenters. The molecule has 0 spiro atoms. The van der Waals surface area contributed by atoms with E-state index in [1.54, 1.807) is 24.3 Å². The molecule has 145 valence electrons. The van der Waals surface area contributed by atoms with Crippen LogP contribution < -0.4 is 0 Å². The second kappa shape index (κ2) is 7.13. The minimum absolute atomic E-state index is 0. The first-order valence-electron chi connectivity index (χ1n) is 8.47. The van der Waals surface area contributed by atoms with Gasteiger partial charge in [0.15, 0.2) is 0 Å². The van der Waals surface area contributed by atoms with Gasteiger partial charge in [0.1, 0.15) is 10.1 Å². The zero-order valence-electron chi connectivity index (χ0n) is 14.8. The molecule has 9 heteroatoms. The number of hydrogen-bond donors (Lipinski definition) is 2. The molecule has 8 bridgehead atoms. The van der Waals surface area contributed by atoms with Crippen molar-refractivity contribution in [3.05, 3.63) is 65.2 Å². The van der Waals surface area contributed by atoms with Gasteiger partial charge in [-0.25, -0.2) is 18.4 Å². The van der Waals surface area contributed by atoms with Crippen molar-refractivity contribution in [1.29, 1.82) is 0 Å². The van der Waals surface area contributed by atoms with Gasteiger partial charge in [0.2, 0.25) is 0 Å². The number of aromatic amines is 2. The maximum absolute atomic E-state index is 11.7. The van der Waals surface area contributed by atoms with Crippen molar-refractivity contribution in [2.24, 2.45) is 0 Å². The van der Waals surface area contributed by atoms with E-state index in [2.05, 4.69) is 19.9 Å². The molecule has 2 aliphatic rings. The van der Waals surface area contributed by atoms with Crippen LogP contribution in [0.2, 0.25) is 0 Å². The van der Waals surface area contributed by atoms with E-state index in [4.69, 9.17) is 0 Å². The van der Waals surface area contributed by atoms with Crippen LogP contribution in [0.3, 0.4) is 0 Å². The van der Waals surface area contributed by atoms with Crippen LogP contribution in [-0.4, -0.2) is 32.9 Å². The number of nitrogens with zero attached hydrogens (tertiary/aromatic N) is 2. The molecule has 0 saturated heterocycles. The van der Waals surface area contributed by atoms with E-state index in [0.29, 0.717) is 16.9 Å². The summed E-state index contributed by atoms with van der Waals surface area (Å²) in [5, 5.41) is 0. The molecule has 3 aromatic heterocycles. The zero-order valence-corrected chi connectivity index (χ0v) is 16.8. The summed E-state index contributed by atoms with van der Waals surface area (Å²) < 4.78 is 35.1. The normalized spacial score (nSPS) is 12.7. The smallest absolute Gasteiger partial charge is 0.126 e. The molecule has 7 nitrogen and oxygen atoms in total. The van der Waals surface area contributed by atoms with E-state index in [0.717, 1.165) is 22.4 Å². The minimum Gasteiger partial charge on any atom is -0.744 e. The molecule has 3 aromatic rings. The van der Waals surface area contributed by atoms with Crippen molar-refractivity contribution < 1.29 is 30.0 Å². The molecule has 0 atom stereocenters. The molecule has 0 amide bonds. The summed E-state index contributed by atoms with van der Waals surface area (Å²) in [4.78, 5) is 14.9. The summed E-state index contributed by atoms with van der Waals surface area (Å²) in [5.41, 5.74) is 5.11. The summed E-state index contributed by atoms with van der Waals surface area (Å²) in [5.74, 6) is 0. The van der Waals surface area contributed by atoms with Crippen LogP contribution in [0.4, 0.5) is 0 Å². The van der Waals surface area contributed by atoms with Crippen LogP contribution in [0.5, 0.6) is 0 Å². The first-order valence-corrected chi connectivity index (χ1v) is 9.88. The monoisotopic (exact) mass is 444 g/mol. The topological polar surface area (TPSA) is 115 Å². The molecule has 0 aromatic carbocycles. The van der Waals surface area contributed by atoms with E-state index in [1.807, 2.05) is 36.4 Å². The molecule has 2 N–H and O–H groups in total.